The summed E-state index contributed by atoms with van der Waals surface area (Å²) in [6.45, 7) is 9.12. The van der Waals surface area contributed by atoms with Crippen LogP contribution in [0.1, 0.15) is 335 Å². The van der Waals surface area contributed by atoms with Crippen LogP contribution in [0.2, 0.25) is 18.1 Å². The highest BCUT2D eigenvalue weighted by atomic mass is 28.5. The zero-order valence-electron chi connectivity index (χ0n) is 51.5. The molecule has 1 heterocycles. The Hall–Kier alpha value is 0.812. The number of benzene rings is 1. The first-order valence-corrected chi connectivity index (χ1v) is 43.4. The van der Waals surface area contributed by atoms with E-state index in [1.54, 1.807) is 0 Å². The minimum absolute atomic E-state index is 0.163. The Morgan fingerprint density at radius 2 is 0.544 bits per heavy atom. The third-order valence-electron chi connectivity index (χ3n) is 15.9. The minimum Gasteiger partial charge on any atom is -0.414 e. The standard InChI is InChI=1S/C61H118O9Si9/c1-5-8-11-14-17-20-23-26-29-32-35-38-41-44-47-50-56-78(57-51-48-45-42-39-36-33-30-27-24-21-18-15-12-9-6-2)68-76-66-74-64-72-62-71-63-73-65-75-67-77-69-79(70-78,61-55-53-54-60(4)59-61)58-52-49-46-43-40-37-34-31-28-25-22-19-16-13-10-7-3/h53-55,59H,5-52,56-58H2,1-4H3. The second-order valence-electron chi connectivity index (χ2n) is 23.2. The number of unbranched alkanes of at least 4 members (excludes halogenated alkanes) is 45. The van der Waals surface area contributed by atoms with E-state index in [1.165, 1.54) is 300 Å². The summed E-state index contributed by atoms with van der Waals surface area (Å²) < 4.78 is 57.5. The highest BCUT2D eigenvalue weighted by Gasteiger charge is 2.50. The summed E-state index contributed by atoms with van der Waals surface area (Å²) in [6.07, 6.45) is 65.0. The van der Waals surface area contributed by atoms with Crippen molar-refractivity contribution in [1.82, 2.24) is 0 Å². The number of aryl methyl sites for hydroxylation is 1. The van der Waals surface area contributed by atoms with Crippen LogP contribution in [0.4, 0.5) is 0 Å². The summed E-state index contributed by atoms with van der Waals surface area (Å²) >= 11 is 0. The topological polar surface area (TPSA) is 83.1 Å². The molecule has 1 aromatic rings. The van der Waals surface area contributed by atoms with Gasteiger partial charge in [0.25, 0.3) is 0 Å². The molecule has 9 nitrogen and oxygen atoms in total. The van der Waals surface area contributed by atoms with E-state index in [4.69, 9.17) is 37.0 Å². The predicted molar refractivity (Wildman–Crippen MR) is 345 cm³/mol. The maximum Gasteiger partial charge on any atom is 0.413 e. The van der Waals surface area contributed by atoms with Crippen molar-refractivity contribution in [3.63, 3.8) is 0 Å². The lowest BCUT2D eigenvalue weighted by molar-refractivity contribution is 0.290. The molecule has 79 heavy (non-hydrogen) atoms. The molecule has 1 aliphatic heterocycles. The molecule has 1 aliphatic rings. The van der Waals surface area contributed by atoms with Crippen LogP contribution in [0.15, 0.2) is 24.3 Å². The molecule has 1 saturated heterocycles. The number of rotatable bonds is 52. The number of hydrogen-bond acceptors (Lipinski definition) is 9. The molecule has 0 N–H and O–H groups in total. The van der Waals surface area contributed by atoms with Gasteiger partial charge < -0.3 is 37.0 Å². The van der Waals surface area contributed by atoms with Crippen molar-refractivity contribution >= 4 is 92.4 Å². The van der Waals surface area contributed by atoms with Gasteiger partial charge in [0, 0.05) is 0 Å². The van der Waals surface area contributed by atoms with Crippen molar-refractivity contribution in [3.8, 4) is 0 Å². The second kappa shape index (κ2) is 59.2. The quantitative estimate of drug-likeness (QED) is 0.0468. The fraction of sp³-hybridized carbons (Fsp3) is 0.902. The van der Waals surface area contributed by atoms with Crippen LogP contribution in [-0.2, 0) is 37.0 Å². The van der Waals surface area contributed by atoms with Crippen molar-refractivity contribution in [2.75, 3.05) is 0 Å². The molecule has 14 radical (unpaired) electrons. The SMILES string of the molecule is CCCCCCCCCCCCCCCCCC[Si]1(CCCCCCCCCCCCCCCCCC)O[Si]O[Si]O[Si]O[Si]O[Si]O[Si]O[Si]O[Si](CCCCCCCCCCCCCCCCCC)(c2cccc(C)c2)O1. The Balaban J connectivity index is 2.17. The molecule has 0 bridgehead atoms. The first kappa shape index (κ1) is 75.9. The Morgan fingerprint density at radius 3 is 0.835 bits per heavy atom. The van der Waals surface area contributed by atoms with Crippen LogP contribution in [-0.4, -0.2) is 87.2 Å². The van der Waals surface area contributed by atoms with Gasteiger partial charge in [-0.2, -0.15) is 0 Å². The Morgan fingerprint density at radius 1 is 0.291 bits per heavy atom. The van der Waals surface area contributed by atoms with Crippen LogP contribution < -0.4 is 5.19 Å². The van der Waals surface area contributed by atoms with Gasteiger partial charge in [0.05, 0.1) is 0 Å². The van der Waals surface area contributed by atoms with Crippen molar-refractivity contribution in [3.05, 3.63) is 29.8 Å². The molecule has 452 valence electrons. The highest BCUT2D eigenvalue weighted by Crippen LogP contribution is 2.33. The molecule has 1 unspecified atom stereocenters. The first-order valence-electron chi connectivity index (χ1n) is 33.4. The zero-order chi connectivity index (χ0) is 56.4. The normalized spacial score (nSPS) is 17.3. The van der Waals surface area contributed by atoms with E-state index in [0.717, 1.165) is 37.4 Å². The molecule has 1 aromatic carbocycles. The Bertz CT molecular complexity index is 1370. The van der Waals surface area contributed by atoms with Crippen LogP contribution in [0.3, 0.4) is 0 Å². The van der Waals surface area contributed by atoms with Crippen LogP contribution in [0.5, 0.6) is 0 Å². The molecule has 0 aliphatic carbocycles. The summed E-state index contributed by atoms with van der Waals surface area (Å²) in [7, 11) is -7.35. The van der Waals surface area contributed by atoms with Gasteiger partial charge in [-0.1, -0.05) is 359 Å². The smallest absolute Gasteiger partial charge is 0.413 e. The van der Waals surface area contributed by atoms with E-state index in [2.05, 4.69) is 52.0 Å². The largest absolute Gasteiger partial charge is 0.414 e. The molecule has 0 amide bonds. The van der Waals surface area contributed by atoms with Gasteiger partial charge in [-0.15, -0.1) is 0 Å². The van der Waals surface area contributed by atoms with E-state index < -0.39 is 17.1 Å². The molecule has 1 fully saturated rings. The van der Waals surface area contributed by atoms with Crippen molar-refractivity contribution in [1.29, 1.82) is 0 Å². The van der Waals surface area contributed by atoms with Crippen LogP contribution >= 0.6 is 0 Å². The lowest BCUT2D eigenvalue weighted by Crippen LogP contribution is -2.63. The Labute approximate surface area is 510 Å². The van der Waals surface area contributed by atoms with Crippen molar-refractivity contribution in [2.45, 2.75) is 354 Å². The maximum absolute atomic E-state index is 8.05. The van der Waals surface area contributed by atoms with Gasteiger partial charge >= 0.3 is 87.2 Å². The van der Waals surface area contributed by atoms with Gasteiger partial charge in [-0.25, -0.2) is 0 Å². The summed E-state index contributed by atoms with van der Waals surface area (Å²) in [6, 6.07) is 11.8. The predicted octanol–water partition coefficient (Wildman–Crippen LogP) is 18.8. The van der Waals surface area contributed by atoms with E-state index in [-0.39, 0.29) is 70.0 Å². The fourth-order valence-electron chi connectivity index (χ4n) is 11.1. The fourth-order valence-corrected chi connectivity index (χ4v) is 27.4. The lowest BCUT2D eigenvalue weighted by Gasteiger charge is -2.41. The summed E-state index contributed by atoms with van der Waals surface area (Å²) in [5.74, 6) is 0. The van der Waals surface area contributed by atoms with Gasteiger partial charge in [0.2, 0.25) is 0 Å². The van der Waals surface area contributed by atoms with E-state index in [9.17, 15) is 0 Å². The molecule has 2 rings (SSSR count). The van der Waals surface area contributed by atoms with Gasteiger partial charge in [0.15, 0.2) is 0 Å². The molecule has 0 saturated carbocycles. The van der Waals surface area contributed by atoms with Crippen LogP contribution in [0.25, 0.3) is 0 Å². The van der Waals surface area contributed by atoms with Gasteiger partial charge in [0.1, 0.15) is 0 Å². The van der Waals surface area contributed by atoms with E-state index >= 15 is 0 Å². The number of hydrogen-bond donors (Lipinski definition) is 0. The lowest BCUT2D eigenvalue weighted by atomic mass is 10.0. The first-order chi connectivity index (χ1) is 39.1. The second-order valence-corrected chi connectivity index (χ2v) is 37.1. The Kier molecular flexibility index (Phi) is 56.8. The average molecular weight is 1250 g/mol. The van der Waals surface area contributed by atoms with Gasteiger partial charge in [-0.3, -0.25) is 0 Å². The molecule has 1 atom stereocenters. The molecular weight excluding hydrogens is 1130 g/mol. The monoisotopic (exact) mass is 1250 g/mol. The molecular formula is C61H118O9Si9. The molecule has 0 aromatic heterocycles. The third-order valence-corrected chi connectivity index (χ3v) is 30.6. The van der Waals surface area contributed by atoms with Crippen molar-refractivity contribution in [2.24, 2.45) is 0 Å². The molecule has 18 heteroatoms. The van der Waals surface area contributed by atoms with E-state index in [0.29, 0.717) is 0 Å². The van der Waals surface area contributed by atoms with Crippen molar-refractivity contribution < 1.29 is 37.0 Å². The molecule has 0 spiro atoms. The van der Waals surface area contributed by atoms with Crippen LogP contribution in [0, 0.1) is 6.92 Å². The van der Waals surface area contributed by atoms with E-state index in [1.807, 2.05) is 0 Å². The average Bonchev–Trinajstić information content (AvgIpc) is 3.50. The summed E-state index contributed by atoms with van der Waals surface area (Å²) in [4.78, 5) is 0. The third kappa shape index (κ3) is 46.7. The minimum atomic E-state index is -3.15. The van der Waals surface area contributed by atoms with Gasteiger partial charge in [-0.05, 0) is 30.2 Å². The maximum atomic E-state index is 8.05. The zero-order valence-corrected chi connectivity index (χ0v) is 60.5. The summed E-state index contributed by atoms with van der Waals surface area (Å²) in [5, 5.41) is 1.20. The highest BCUT2D eigenvalue weighted by molar-refractivity contribution is 6.91. The summed E-state index contributed by atoms with van der Waals surface area (Å²) in [5.41, 5.74) is 1.23.